The second kappa shape index (κ2) is 7.99. The Bertz CT molecular complexity index is 296. The van der Waals surface area contributed by atoms with Crippen LogP contribution < -0.4 is 5.32 Å². The van der Waals surface area contributed by atoms with Crippen molar-refractivity contribution in [2.24, 2.45) is 0 Å². The molecule has 0 aromatic carbocycles. The van der Waals surface area contributed by atoms with Gasteiger partial charge >= 0.3 is 12.1 Å². The van der Waals surface area contributed by atoms with Crippen LogP contribution in [0.15, 0.2) is 0 Å². The average Bonchev–Trinajstić information content (AvgIpc) is 2.20. The lowest BCUT2D eigenvalue weighted by Gasteiger charge is -2.23. The number of carbonyl (C=O) groups is 2. The first-order valence-corrected chi connectivity index (χ1v) is 6.46. The van der Waals surface area contributed by atoms with E-state index in [2.05, 4.69) is 5.32 Å². The van der Waals surface area contributed by atoms with Crippen LogP contribution in [0, 0.1) is 0 Å². The van der Waals surface area contributed by atoms with E-state index in [0.717, 1.165) is 0 Å². The van der Waals surface area contributed by atoms with Crippen LogP contribution >= 0.6 is 0 Å². The lowest BCUT2D eigenvalue weighted by Crippen LogP contribution is -2.44. The smallest absolute Gasteiger partial charge is 0.408 e. The fourth-order valence-corrected chi connectivity index (χ4v) is 1.31. The summed E-state index contributed by atoms with van der Waals surface area (Å²) in [4.78, 5) is 23.4. The van der Waals surface area contributed by atoms with Gasteiger partial charge < -0.3 is 19.9 Å². The van der Waals surface area contributed by atoms with Gasteiger partial charge in [-0.25, -0.2) is 9.59 Å². The number of rotatable bonds is 6. The number of carbonyl (C=O) groups excluding carboxylic acids is 2. The predicted octanol–water partition coefficient (Wildman–Crippen LogP) is 1.60. The molecule has 0 bridgehead atoms. The van der Waals surface area contributed by atoms with Crippen molar-refractivity contribution in [1.29, 1.82) is 0 Å². The fraction of sp³-hybridized carbons (Fsp3) is 0.846. The Morgan fingerprint density at radius 1 is 1.26 bits per heavy atom. The van der Waals surface area contributed by atoms with Crippen LogP contribution in [0.4, 0.5) is 4.79 Å². The number of ether oxygens (including phenoxy) is 2. The van der Waals surface area contributed by atoms with Crippen molar-refractivity contribution in [1.82, 2.24) is 5.32 Å². The van der Waals surface area contributed by atoms with E-state index in [9.17, 15) is 9.59 Å². The molecular formula is C13H25NO5. The lowest BCUT2D eigenvalue weighted by molar-refractivity contribution is -0.150. The second-order valence-corrected chi connectivity index (χ2v) is 5.55. The minimum absolute atomic E-state index is 0.0541. The molecule has 0 aliphatic heterocycles. The summed E-state index contributed by atoms with van der Waals surface area (Å²) in [6, 6.07) is -0.801. The first-order valence-electron chi connectivity index (χ1n) is 6.46. The summed E-state index contributed by atoms with van der Waals surface area (Å²) in [5, 5.41) is 11.3. The van der Waals surface area contributed by atoms with Crippen LogP contribution in [0.25, 0.3) is 0 Å². The summed E-state index contributed by atoms with van der Waals surface area (Å²) in [6.45, 7) is 8.62. The highest BCUT2D eigenvalue weighted by Gasteiger charge is 2.25. The summed E-state index contributed by atoms with van der Waals surface area (Å²) in [5.41, 5.74) is -0.631. The Morgan fingerprint density at radius 2 is 1.84 bits per heavy atom. The molecule has 1 atom stereocenters. The average molecular weight is 275 g/mol. The predicted molar refractivity (Wildman–Crippen MR) is 70.7 cm³/mol. The van der Waals surface area contributed by atoms with Crippen LogP contribution in [0.1, 0.15) is 47.5 Å². The summed E-state index contributed by atoms with van der Waals surface area (Å²) in [7, 11) is 0. The van der Waals surface area contributed by atoms with Crippen molar-refractivity contribution in [3.05, 3.63) is 0 Å². The van der Waals surface area contributed by atoms with Gasteiger partial charge in [0.15, 0.2) is 0 Å². The molecule has 6 heteroatoms. The van der Waals surface area contributed by atoms with E-state index < -0.39 is 23.7 Å². The first-order chi connectivity index (χ1) is 8.65. The summed E-state index contributed by atoms with van der Waals surface area (Å²) in [6.07, 6.45) is -0.227. The highest BCUT2D eigenvalue weighted by atomic mass is 16.6. The Morgan fingerprint density at radius 3 is 2.26 bits per heavy atom. The summed E-state index contributed by atoms with van der Waals surface area (Å²) >= 11 is 0. The molecule has 6 nitrogen and oxygen atoms in total. The Balaban J connectivity index is 4.49. The van der Waals surface area contributed by atoms with Gasteiger partial charge in [-0.2, -0.15) is 0 Å². The standard InChI is InChI=1S/C13H25NO5/c1-9(2)18-11(16)10(7-6-8-15)14-12(17)19-13(3,4)5/h9-10,15H,6-8H2,1-5H3,(H,14,17)/t10-/m0/s1. The maximum absolute atomic E-state index is 11.8. The van der Waals surface area contributed by atoms with Gasteiger partial charge in [0.2, 0.25) is 0 Å². The molecule has 0 rings (SSSR count). The number of esters is 1. The molecule has 0 aliphatic carbocycles. The van der Waals surface area contributed by atoms with Crippen LogP contribution in [-0.4, -0.2) is 41.5 Å². The molecule has 0 spiro atoms. The van der Waals surface area contributed by atoms with E-state index in [4.69, 9.17) is 14.6 Å². The summed E-state index contributed by atoms with van der Waals surface area (Å²) in [5.74, 6) is -0.519. The molecular weight excluding hydrogens is 250 g/mol. The van der Waals surface area contributed by atoms with Crippen molar-refractivity contribution >= 4 is 12.1 Å². The lowest BCUT2D eigenvalue weighted by atomic mass is 10.1. The highest BCUT2D eigenvalue weighted by Crippen LogP contribution is 2.08. The van der Waals surface area contributed by atoms with Crippen LogP contribution in [0.5, 0.6) is 0 Å². The van der Waals surface area contributed by atoms with E-state index in [1.807, 2.05) is 0 Å². The number of nitrogens with one attached hydrogen (secondary N) is 1. The molecule has 1 amide bonds. The molecule has 0 saturated carbocycles. The molecule has 0 saturated heterocycles. The maximum Gasteiger partial charge on any atom is 0.408 e. The Kier molecular flexibility index (Phi) is 7.44. The quantitative estimate of drug-likeness (QED) is 0.719. The Labute approximate surface area is 114 Å². The van der Waals surface area contributed by atoms with Crippen molar-refractivity contribution < 1.29 is 24.2 Å². The zero-order valence-corrected chi connectivity index (χ0v) is 12.4. The monoisotopic (exact) mass is 275 g/mol. The fourth-order valence-electron chi connectivity index (χ4n) is 1.31. The topological polar surface area (TPSA) is 84.9 Å². The minimum atomic E-state index is -0.801. The molecule has 0 heterocycles. The number of alkyl carbamates (subject to hydrolysis) is 1. The van der Waals surface area contributed by atoms with Crippen LogP contribution in [-0.2, 0) is 14.3 Å². The SMILES string of the molecule is CC(C)OC(=O)[C@H](CCCO)NC(=O)OC(C)(C)C. The number of aliphatic hydroxyl groups is 1. The molecule has 0 radical (unpaired) electrons. The van der Waals surface area contributed by atoms with E-state index >= 15 is 0 Å². The molecule has 19 heavy (non-hydrogen) atoms. The number of aliphatic hydroxyl groups excluding tert-OH is 1. The van der Waals surface area contributed by atoms with Gasteiger partial charge in [-0.15, -0.1) is 0 Å². The molecule has 112 valence electrons. The first kappa shape index (κ1) is 17.7. The number of hydrogen-bond acceptors (Lipinski definition) is 5. The van der Waals surface area contributed by atoms with E-state index in [1.165, 1.54) is 0 Å². The molecule has 0 aromatic rings. The molecule has 2 N–H and O–H groups in total. The van der Waals surface area contributed by atoms with Gasteiger partial charge in [0.05, 0.1) is 6.10 Å². The van der Waals surface area contributed by atoms with Crippen molar-refractivity contribution in [3.8, 4) is 0 Å². The van der Waals surface area contributed by atoms with Gasteiger partial charge in [0.1, 0.15) is 11.6 Å². The van der Waals surface area contributed by atoms with Gasteiger partial charge in [-0.05, 0) is 47.5 Å². The molecule has 0 unspecified atom stereocenters. The minimum Gasteiger partial charge on any atom is -0.461 e. The van der Waals surface area contributed by atoms with E-state index in [1.54, 1.807) is 34.6 Å². The molecule has 0 aliphatic rings. The summed E-state index contributed by atoms with van der Waals surface area (Å²) < 4.78 is 10.1. The Hall–Kier alpha value is -1.30. The third-order valence-electron chi connectivity index (χ3n) is 1.98. The number of hydrogen-bond donors (Lipinski definition) is 2. The van der Waals surface area contributed by atoms with Gasteiger partial charge in [0, 0.05) is 6.61 Å². The van der Waals surface area contributed by atoms with Gasteiger partial charge in [-0.1, -0.05) is 0 Å². The van der Waals surface area contributed by atoms with Gasteiger partial charge in [-0.3, -0.25) is 0 Å². The highest BCUT2D eigenvalue weighted by molar-refractivity contribution is 5.81. The van der Waals surface area contributed by atoms with E-state index in [0.29, 0.717) is 12.8 Å². The zero-order chi connectivity index (χ0) is 15.1. The second-order valence-electron chi connectivity index (χ2n) is 5.55. The van der Waals surface area contributed by atoms with Crippen LogP contribution in [0.3, 0.4) is 0 Å². The third-order valence-corrected chi connectivity index (χ3v) is 1.98. The number of amides is 1. The molecule has 0 aromatic heterocycles. The van der Waals surface area contributed by atoms with Crippen molar-refractivity contribution in [2.45, 2.75) is 65.2 Å². The largest absolute Gasteiger partial charge is 0.461 e. The maximum atomic E-state index is 11.8. The normalized spacial score (nSPS) is 13.0. The van der Waals surface area contributed by atoms with E-state index in [-0.39, 0.29) is 12.7 Å². The van der Waals surface area contributed by atoms with Crippen molar-refractivity contribution in [2.75, 3.05) is 6.61 Å². The van der Waals surface area contributed by atoms with Gasteiger partial charge in [0.25, 0.3) is 0 Å². The third kappa shape index (κ3) is 9.30. The van der Waals surface area contributed by atoms with Crippen molar-refractivity contribution in [3.63, 3.8) is 0 Å². The zero-order valence-electron chi connectivity index (χ0n) is 12.4. The van der Waals surface area contributed by atoms with Crippen LogP contribution in [0.2, 0.25) is 0 Å². The molecule has 0 fully saturated rings.